The number of hydrogen-bond acceptors (Lipinski definition) is 5. The van der Waals surface area contributed by atoms with Gasteiger partial charge in [0.2, 0.25) is 11.8 Å². The number of carbonyl (C=O) groups excluding carboxylic acids is 2. The van der Waals surface area contributed by atoms with Crippen LogP contribution in [0.3, 0.4) is 0 Å². The van der Waals surface area contributed by atoms with Gasteiger partial charge in [-0.25, -0.2) is 0 Å². The molecule has 2 aliphatic rings. The lowest BCUT2D eigenvalue weighted by molar-refractivity contribution is -0.142. The highest BCUT2D eigenvalue weighted by molar-refractivity contribution is 7.16. The van der Waals surface area contributed by atoms with Crippen molar-refractivity contribution in [3.63, 3.8) is 0 Å². The summed E-state index contributed by atoms with van der Waals surface area (Å²) in [6.07, 6.45) is 10.7. The third kappa shape index (κ3) is 4.99. The predicted molar refractivity (Wildman–Crippen MR) is 129 cm³/mol. The molecular formula is C25H35N3O3S. The number of unbranched alkanes of at least 4 members (excludes halogenated alkanes) is 2. The molecule has 2 heterocycles. The van der Waals surface area contributed by atoms with Crippen molar-refractivity contribution in [1.82, 2.24) is 14.8 Å². The normalized spacial score (nSPS) is 18.3. The van der Waals surface area contributed by atoms with Gasteiger partial charge in [-0.3, -0.25) is 19.3 Å². The number of imide groups is 1. The van der Waals surface area contributed by atoms with Crippen LogP contribution in [0.25, 0.3) is 10.2 Å². The number of nitrogens with zero attached hydrogens (tertiary/aromatic N) is 2. The highest BCUT2D eigenvalue weighted by atomic mass is 32.1. The van der Waals surface area contributed by atoms with Crippen molar-refractivity contribution in [3.05, 3.63) is 33.4 Å². The summed E-state index contributed by atoms with van der Waals surface area (Å²) in [4.78, 5) is 38.6. The summed E-state index contributed by atoms with van der Waals surface area (Å²) < 4.78 is 2.77. The molecule has 0 bridgehead atoms. The molecule has 0 unspecified atom stereocenters. The number of aromatic nitrogens is 1. The van der Waals surface area contributed by atoms with E-state index in [2.05, 4.69) is 17.4 Å². The van der Waals surface area contributed by atoms with E-state index in [4.69, 9.17) is 0 Å². The Kier molecular flexibility index (Phi) is 7.46. The van der Waals surface area contributed by atoms with Gasteiger partial charge in [0.05, 0.1) is 15.6 Å². The lowest BCUT2D eigenvalue weighted by atomic mass is 9.73. The molecule has 1 saturated carbocycles. The molecule has 2 fully saturated rings. The molecule has 1 aromatic heterocycles. The van der Waals surface area contributed by atoms with Gasteiger partial charge in [-0.05, 0) is 75.7 Å². The summed E-state index contributed by atoms with van der Waals surface area (Å²) in [6, 6.07) is 6.32. The van der Waals surface area contributed by atoms with Crippen LogP contribution >= 0.6 is 11.3 Å². The second-order valence-electron chi connectivity index (χ2n) is 9.51. The van der Waals surface area contributed by atoms with Crippen LogP contribution in [0.15, 0.2) is 23.0 Å². The average molecular weight is 458 g/mol. The van der Waals surface area contributed by atoms with E-state index < -0.39 is 0 Å². The molecule has 1 aliphatic heterocycles. The number of rotatable bonds is 10. The maximum Gasteiger partial charge on any atom is 0.307 e. The first-order valence-electron chi connectivity index (χ1n) is 12.1. The Balaban J connectivity index is 1.08. The highest BCUT2D eigenvalue weighted by Gasteiger charge is 2.51. The van der Waals surface area contributed by atoms with E-state index >= 15 is 0 Å². The summed E-state index contributed by atoms with van der Waals surface area (Å²) in [5.41, 5.74) is 1.95. The number of nitrogens with one attached hydrogen (secondary N) is 1. The molecule has 1 saturated heterocycles. The number of fused-ring (bicyclic) bond motifs is 1. The van der Waals surface area contributed by atoms with E-state index in [1.807, 2.05) is 13.1 Å². The van der Waals surface area contributed by atoms with Gasteiger partial charge in [-0.1, -0.05) is 36.7 Å². The first-order chi connectivity index (χ1) is 15.5. The van der Waals surface area contributed by atoms with Crippen LogP contribution in [0.1, 0.15) is 69.8 Å². The Morgan fingerprint density at radius 1 is 1.00 bits per heavy atom. The second kappa shape index (κ2) is 10.3. The van der Waals surface area contributed by atoms with Gasteiger partial charge in [0.15, 0.2) is 0 Å². The highest BCUT2D eigenvalue weighted by Crippen LogP contribution is 2.45. The molecule has 0 atom stereocenters. The molecular weight excluding hydrogens is 422 g/mol. The van der Waals surface area contributed by atoms with E-state index in [0.29, 0.717) is 13.0 Å². The van der Waals surface area contributed by atoms with Crippen LogP contribution in [0, 0.1) is 5.41 Å². The minimum Gasteiger partial charge on any atom is -0.317 e. The Labute approximate surface area is 194 Å². The Bertz CT molecular complexity index is 1020. The topological polar surface area (TPSA) is 71.4 Å². The Morgan fingerprint density at radius 3 is 2.53 bits per heavy atom. The molecule has 6 nitrogen and oxygen atoms in total. The summed E-state index contributed by atoms with van der Waals surface area (Å²) in [5, 5.41) is 3.49. The van der Waals surface area contributed by atoms with Gasteiger partial charge in [-0.15, -0.1) is 0 Å². The van der Waals surface area contributed by atoms with E-state index in [-0.39, 0.29) is 22.1 Å². The monoisotopic (exact) mass is 457 g/mol. The summed E-state index contributed by atoms with van der Waals surface area (Å²) in [6.45, 7) is 2.48. The molecule has 4 rings (SSSR count). The summed E-state index contributed by atoms with van der Waals surface area (Å²) in [7, 11) is 1.82. The molecule has 2 aromatic rings. The maximum atomic E-state index is 12.8. The van der Waals surface area contributed by atoms with Gasteiger partial charge in [0.25, 0.3) is 0 Å². The molecule has 1 aromatic carbocycles. The number of aryl methyl sites for hydroxylation is 2. The maximum absolute atomic E-state index is 12.8. The Hall–Kier alpha value is -1.99. The van der Waals surface area contributed by atoms with Crippen molar-refractivity contribution in [3.8, 4) is 0 Å². The van der Waals surface area contributed by atoms with Crippen LogP contribution in [0.4, 0.5) is 0 Å². The van der Waals surface area contributed by atoms with Crippen molar-refractivity contribution in [2.75, 3.05) is 19.6 Å². The minimum absolute atomic E-state index is 0.0471. The molecule has 7 heteroatoms. The largest absolute Gasteiger partial charge is 0.317 e. The molecule has 32 heavy (non-hydrogen) atoms. The van der Waals surface area contributed by atoms with Crippen LogP contribution < -0.4 is 10.2 Å². The van der Waals surface area contributed by atoms with Crippen LogP contribution in [0.5, 0.6) is 0 Å². The molecule has 1 aliphatic carbocycles. The van der Waals surface area contributed by atoms with E-state index in [9.17, 15) is 14.4 Å². The summed E-state index contributed by atoms with van der Waals surface area (Å²) in [5.74, 6) is 0.155. The van der Waals surface area contributed by atoms with Gasteiger partial charge in [0.1, 0.15) is 0 Å². The van der Waals surface area contributed by atoms with Crippen molar-refractivity contribution < 1.29 is 9.59 Å². The van der Waals surface area contributed by atoms with Crippen molar-refractivity contribution in [2.24, 2.45) is 12.5 Å². The number of hydrogen-bond donors (Lipinski definition) is 1. The van der Waals surface area contributed by atoms with Crippen LogP contribution in [-0.4, -0.2) is 40.9 Å². The number of carbonyl (C=O) groups is 2. The zero-order valence-electron chi connectivity index (χ0n) is 19.2. The Morgan fingerprint density at radius 2 is 1.75 bits per heavy atom. The van der Waals surface area contributed by atoms with Crippen molar-refractivity contribution in [2.45, 2.75) is 70.6 Å². The van der Waals surface area contributed by atoms with Gasteiger partial charge in [0, 0.05) is 20.0 Å². The number of thiazole rings is 1. The lowest BCUT2D eigenvalue weighted by Crippen LogP contribution is -2.37. The van der Waals surface area contributed by atoms with Gasteiger partial charge < -0.3 is 9.88 Å². The van der Waals surface area contributed by atoms with Crippen molar-refractivity contribution >= 4 is 33.4 Å². The molecule has 2 amide bonds. The summed E-state index contributed by atoms with van der Waals surface area (Å²) >= 11 is 1.31. The van der Waals surface area contributed by atoms with Crippen LogP contribution in [0.2, 0.25) is 0 Å². The quantitative estimate of drug-likeness (QED) is 0.432. The number of benzene rings is 1. The van der Waals surface area contributed by atoms with Gasteiger partial charge in [-0.2, -0.15) is 0 Å². The standard InChI is InChI=1S/C25H35N3O3S/c1-27-20-11-10-19(17-21(20)32-24(27)31)9-3-6-14-26-15-7-8-16-28-22(29)18-25(23(28)30)12-4-2-5-13-25/h10-11,17,26H,2-9,12-16,18H2,1H3. The van der Waals surface area contributed by atoms with Gasteiger partial charge >= 0.3 is 4.87 Å². The molecule has 1 spiro atoms. The molecule has 174 valence electrons. The third-order valence-electron chi connectivity index (χ3n) is 7.21. The second-order valence-corrected chi connectivity index (χ2v) is 10.5. The average Bonchev–Trinajstić information content (AvgIpc) is 3.19. The molecule has 0 radical (unpaired) electrons. The SMILES string of the molecule is Cn1c(=O)sc2cc(CCCCNCCCCN3C(=O)CC4(CCCCC4)C3=O)ccc21. The zero-order chi connectivity index (χ0) is 22.6. The fourth-order valence-electron chi connectivity index (χ4n) is 5.26. The fourth-order valence-corrected chi connectivity index (χ4v) is 6.21. The van der Waals surface area contributed by atoms with Crippen LogP contribution in [-0.2, 0) is 23.1 Å². The van der Waals surface area contributed by atoms with E-state index in [0.717, 1.165) is 81.1 Å². The van der Waals surface area contributed by atoms with E-state index in [1.54, 1.807) is 9.47 Å². The third-order valence-corrected chi connectivity index (χ3v) is 8.21. The minimum atomic E-state index is -0.351. The zero-order valence-corrected chi connectivity index (χ0v) is 20.0. The molecule has 1 N–H and O–H groups in total. The predicted octanol–water partition coefficient (Wildman–Crippen LogP) is 4.00. The van der Waals surface area contributed by atoms with Crippen molar-refractivity contribution in [1.29, 1.82) is 0 Å². The first-order valence-corrected chi connectivity index (χ1v) is 13.0. The van der Waals surface area contributed by atoms with E-state index in [1.165, 1.54) is 23.3 Å². The lowest BCUT2D eigenvalue weighted by Gasteiger charge is -2.30. The smallest absolute Gasteiger partial charge is 0.307 e. The number of likely N-dealkylation sites (tertiary alicyclic amines) is 1. The fraction of sp³-hybridized carbons (Fsp3) is 0.640. The number of amides is 2. The first kappa shape index (κ1) is 23.2.